The van der Waals surface area contributed by atoms with Crippen molar-refractivity contribution in [3.05, 3.63) is 29.3 Å². The fourth-order valence-electron chi connectivity index (χ4n) is 2.73. The fourth-order valence-corrected chi connectivity index (χ4v) is 2.73. The summed E-state index contributed by atoms with van der Waals surface area (Å²) in [6, 6.07) is 7.53. The van der Waals surface area contributed by atoms with Gasteiger partial charge in [0.25, 0.3) is 0 Å². The predicted octanol–water partition coefficient (Wildman–Crippen LogP) is 4.12. The third-order valence-electron chi connectivity index (χ3n) is 4.10. The van der Waals surface area contributed by atoms with Crippen LogP contribution in [0.5, 0.6) is 0 Å². The standard InChI is InChI=1S/C18H30N2/c1-5-10-19-12-17-8-9-18(15(4)11-17)20(14(2)3)13-16-6-7-16/h8-9,11,14,16,19H,5-7,10,12-13H2,1-4H3. The van der Waals surface area contributed by atoms with Crippen LogP contribution < -0.4 is 10.2 Å². The van der Waals surface area contributed by atoms with Crippen molar-refractivity contribution in [3.63, 3.8) is 0 Å². The van der Waals surface area contributed by atoms with Gasteiger partial charge in [0.1, 0.15) is 0 Å². The molecule has 1 fully saturated rings. The zero-order valence-electron chi connectivity index (χ0n) is 13.6. The van der Waals surface area contributed by atoms with Gasteiger partial charge in [0.2, 0.25) is 0 Å². The summed E-state index contributed by atoms with van der Waals surface area (Å²) in [5.41, 5.74) is 4.23. The Kier molecular flexibility index (Phi) is 5.47. The van der Waals surface area contributed by atoms with Crippen LogP contribution in [0.15, 0.2) is 18.2 Å². The topological polar surface area (TPSA) is 15.3 Å². The van der Waals surface area contributed by atoms with E-state index in [1.54, 1.807) is 0 Å². The quantitative estimate of drug-likeness (QED) is 0.717. The summed E-state index contributed by atoms with van der Waals surface area (Å²) in [7, 11) is 0. The van der Waals surface area contributed by atoms with Gasteiger partial charge in [-0.05, 0) is 69.7 Å². The summed E-state index contributed by atoms with van der Waals surface area (Å²) in [6.45, 7) is 12.4. The highest BCUT2D eigenvalue weighted by Crippen LogP contribution is 2.33. The van der Waals surface area contributed by atoms with E-state index in [-0.39, 0.29) is 0 Å². The molecule has 2 nitrogen and oxygen atoms in total. The summed E-state index contributed by atoms with van der Waals surface area (Å²) < 4.78 is 0. The number of nitrogens with one attached hydrogen (secondary N) is 1. The first-order valence-corrected chi connectivity index (χ1v) is 8.18. The largest absolute Gasteiger partial charge is 0.369 e. The van der Waals surface area contributed by atoms with Gasteiger partial charge in [0.15, 0.2) is 0 Å². The van der Waals surface area contributed by atoms with Gasteiger partial charge < -0.3 is 10.2 Å². The van der Waals surface area contributed by atoms with E-state index in [1.807, 2.05) is 0 Å². The van der Waals surface area contributed by atoms with Crippen LogP contribution in [0.1, 0.15) is 51.2 Å². The first-order valence-electron chi connectivity index (χ1n) is 8.18. The predicted molar refractivity (Wildman–Crippen MR) is 88.4 cm³/mol. The molecular formula is C18H30N2. The molecule has 1 aliphatic carbocycles. The van der Waals surface area contributed by atoms with E-state index in [9.17, 15) is 0 Å². The molecular weight excluding hydrogens is 244 g/mol. The Morgan fingerprint density at radius 1 is 1.30 bits per heavy atom. The van der Waals surface area contributed by atoms with E-state index >= 15 is 0 Å². The second-order valence-corrected chi connectivity index (χ2v) is 6.49. The first kappa shape index (κ1) is 15.4. The van der Waals surface area contributed by atoms with E-state index in [0.29, 0.717) is 6.04 Å². The Balaban J connectivity index is 2.05. The summed E-state index contributed by atoms with van der Waals surface area (Å²) in [4.78, 5) is 2.58. The van der Waals surface area contributed by atoms with Crippen LogP contribution in [0.25, 0.3) is 0 Å². The summed E-state index contributed by atoms with van der Waals surface area (Å²) >= 11 is 0. The Morgan fingerprint density at radius 2 is 2.05 bits per heavy atom. The van der Waals surface area contributed by atoms with Crippen molar-refractivity contribution >= 4 is 5.69 Å². The van der Waals surface area contributed by atoms with Gasteiger partial charge in [-0.1, -0.05) is 19.1 Å². The van der Waals surface area contributed by atoms with Gasteiger partial charge in [-0.3, -0.25) is 0 Å². The van der Waals surface area contributed by atoms with Crippen LogP contribution in [-0.2, 0) is 6.54 Å². The van der Waals surface area contributed by atoms with E-state index < -0.39 is 0 Å². The number of aryl methyl sites for hydroxylation is 1. The number of nitrogens with zero attached hydrogens (tertiary/aromatic N) is 1. The average molecular weight is 274 g/mol. The lowest BCUT2D eigenvalue weighted by molar-refractivity contribution is 0.642. The third-order valence-corrected chi connectivity index (χ3v) is 4.10. The molecule has 1 aromatic carbocycles. The highest BCUT2D eigenvalue weighted by molar-refractivity contribution is 5.55. The van der Waals surface area contributed by atoms with Crippen molar-refractivity contribution in [2.45, 2.75) is 59.5 Å². The van der Waals surface area contributed by atoms with E-state index in [2.05, 4.69) is 56.1 Å². The molecule has 0 amide bonds. The van der Waals surface area contributed by atoms with Crippen molar-refractivity contribution in [3.8, 4) is 0 Å². The van der Waals surface area contributed by atoms with Crippen LogP contribution in [-0.4, -0.2) is 19.1 Å². The first-order chi connectivity index (χ1) is 9.61. The van der Waals surface area contributed by atoms with Gasteiger partial charge in [0.05, 0.1) is 0 Å². The van der Waals surface area contributed by atoms with Crippen LogP contribution in [0.2, 0.25) is 0 Å². The van der Waals surface area contributed by atoms with Crippen LogP contribution >= 0.6 is 0 Å². The lowest BCUT2D eigenvalue weighted by Crippen LogP contribution is -2.33. The van der Waals surface area contributed by atoms with Crippen LogP contribution in [0.3, 0.4) is 0 Å². The lowest BCUT2D eigenvalue weighted by atomic mass is 10.1. The van der Waals surface area contributed by atoms with Crippen molar-refractivity contribution in [1.29, 1.82) is 0 Å². The molecule has 0 bridgehead atoms. The molecule has 0 aliphatic heterocycles. The molecule has 2 heteroatoms. The molecule has 0 atom stereocenters. The van der Waals surface area contributed by atoms with E-state index in [0.717, 1.165) is 19.0 Å². The van der Waals surface area contributed by atoms with Gasteiger partial charge in [0, 0.05) is 24.8 Å². The SMILES string of the molecule is CCCNCc1ccc(N(CC2CC2)C(C)C)c(C)c1. The normalized spacial score (nSPS) is 14.8. The zero-order valence-corrected chi connectivity index (χ0v) is 13.6. The molecule has 0 unspecified atom stereocenters. The maximum atomic E-state index is 3.48. The van der Waals surface area contributed by atoms with Crippen molar-refractivity contribution in [1.82, 2.24) is 5.32 Å². The Labute approximate surface area is 124 Å². The summed E-state index contributed by atoms with van der Waals surface area (Å²) in [6.07, 6.45) is 4.03. The van der Waals surface area contributed by atoms with E-state index in [4.69, 9.17) is 0 Å². The maximum Gasteiger partial charge on any atom is 0.0398 e. The molecule has 0 radical (unpaired) electrons. The summed E-state index contributed by atoms with van der Waals surface area (Å²) in [5, 5.41) is 3.48. The molecule has 0 aromatic heterocycles. The molecule has 20 heavy (non-hydrogen) atoms. The number of rotatable bonds is 8. The van der Waals surface area contributed by atoms with Gasteiger partial charge in [-0.15, -0.1) is 0 Å². The Hall–Kier alpha value is -1.02. The number of anilines is 1. The highest BCUT2D eigenvalue weighted by Gasteiger charge is 2.26. The minimum Gasteiger partial charge on any atom is -0.369 e. The van der Waals surface area contributed by atoms with E-state index in [1.165, 1.54) is 42.6 Å². The monoisotopic (exact) mass is 274 g/mol. The molecule has 1 saturated carbocycles. The lowest BCUT2D eigenvalue weighted by Gasteiger charge is -2.31. The highest BCUT2D eigenvalue weighted by atomic mass is 15.2. The van der Waals surface area contributed by atoms with Gasteiger partial charge >= 0.3 is 0 Å². The Bertz CT molecular complexity index is 421. The average Bonchev–Trinajstić information content (AvgIpc) is 3.21. The number of benzene rings is 1. The minimum absolute atomic E-state index is 0.582. The molecule has 0 heterocycles. The van der Waals surface area contributed by atoms with Crippen molar-refractivity contribution in [2.24, 2.45) is 5.92 Å². The van der Waals surface area contributed by atoms with Gasteiger partial charge in [-0.25, -0.2) is 0 Å². The van der Waals surface area contributed by atoms with Crippen molar-refractivity contribution in [2.75, 3.05) is 18.0 Å². The Morgan fingerprint density at radius 3 is 2.60 bits per heavy atom. The number of hydrogen-bond acceptors (Lipinski definition) is 2. The zero-order chi connectivity index (χ0) is 14.5. The molecule has 1 aliphatic rings. The third kappa shape index (κ3) is 4.24. The van der Waals surface area contributed by atoms with Gasteiger partial charge in [-0.2, -0.15) is 0 Å². The maximum absolute atomic E-state index is 3.48. The smallest absolute Gasteiger partial charge is 0.0398 e. The fraction of sp³-hybridized carbons (Fsp3) is 0.667. The molecule has 0 spiro atoms. The molecule has 1 aromatic rings. The second kappa shape index (κ2) is 7.12. The molecule has 112 valence electrons. The van der Waals surface area contributed by atoms with Crippen LogP contribution in [0, 0.1) is 12.8 Å². The number of hydrogen-bond donors (Lipinski definition) is 1. The van der Waals surface area contributed by atoms with Crippen molar-refractivity contribution < 1.29 is 0 Å². The second-order valence-electron chi connectivity index (χ2n) is 6.49. The molecule has 1 N–H and O–H groups in total. The molecule has 2 rings (SSSR count). The summed E-state index contributed by atoms with van der Waals surface area (Å²) in [5.74, 6) is 0.933. The molecule has 0 saturated heterocycles. The van der Waals surface area contributed by atoms with Crippen LogP contribution in [0.4, 0.5) is 5.69 Å². The minimum atomic E-state index is 0.582.